The summed E-state index contributed by atoms with van der Waals surface area (Å²) in [5.41, 5.74) is 4.77. The maximum absolute atomic E-state index is 4.36. The summed E-state index contributed by atoms with van der Waals surface area (Å²) in [6.45, 7) is 0.855. The van der Waals surface area contributed by atoms with E-state index in [2.05, 4.69) is 93.4 Å². The van der Waals surface area contributed by atoms with Crippen molar-refractivity contribution in [2.75, 3.05) is 18.6 Å². The largest absolute Gasteiger partial charge is 0.361 e. The van der Waals surface area contributed by atoms with Crippen molar-refractivity contribution in [1.29, 1.82) is 0 Å². The van der Waals surface area contributed by atoms with Crippen molar-refractivity contribution in [3.05, 3.63) is 79.4 Å². The van der Waals surface area contributed by atoms with Gasteiger partial charge in [-0.1, -0.05) is 30.3 Å². The highest BCUT2D eigenvalue weighted by molar-refractivity contribution is 6.13. The molecule has 25 heavy (non-hydrogen) atoms. The highest BCUT2D eigenvalue weighted by atomic mass is 15.3. The fourth-order valence-electron chi connectivity index (χ4n) is 3.66. The van der Waals surface area contributed by atoms with Crippen LogP contribution < -0.4 is 4.90 Å². The first kappa shape index (κ1) is 14.1. The van der Waals surface area contributed by atoms with Crippen LogP contribution in [0, 0.1) is 0 Å². The number of nitrogens with zero attached hydrogens (tertiary/aromatic N) is 4. The Morgan fingerprint density at radius 3 is 2.56 bits per heavy atom. The summed E-state index contributed by atoms with van der Waals surface area (Å²) < 4.78 is 2.34. The molecule has 122 valence electrons. The first-order valence-electron chi connectivity index (χ1n) is 8.41. The summed E-state index contributed by atoms with van der Waals surface area (Å²) in [4.78, 5) is 8.82. The number of fused-ring (bicyclic) bond motifs is 3. The topological polar surface area (TPSA) is 24.3 Å². The predicted molar refractivity (Wildman–Crippen MR) is 103 cm³/mol. The van der Waals surface area contributed by atoms with Crippen molar-refractivity contribution in [1.82, 2.24) is 14.5 Å². The van der Waals surface area contributed by atoms with Gasteiger partial charge in [-0.25, -0.2) is 0 Å². The number of benzene rings is 2. The summed E-state index contributed by atoms with van der Waals surface area (Å²) in [6, 6.07) is 19.1. The number of rotatable bonds is 2. The van der Waals surface area contributed by atoms with E-state index in [0.717, 1.165) is 12.4 Å². The second-order valence-corrected chi connectivity index (χ2v) is 6.40. The van der Waals surface area contributed by atoms with Crippen LogP contribution in [-0.2, 0) is 0 Å². The fraction of sp³-hybridized carbons (Fsp3) is 0.0952. The third-order valence-corrected chi connectivity index (χ3v) is 4.77. The Morgan fingerprint density at radius 1 is 0.880 bits per heavy atom. The molecule has 0 radical (unpaired) electrons. The van der Waals surface area contributed by atoms with E-state index in [9.17, 15) is 0 Å². The Bertz CT molecular complexity index is 1090. The van der Waals surface area contributed by atoms with Gasteiger partial charge >= 0.3 is 0 Å². The number of hydrogen-bond donors (Lipinski definition) is 0. The summed E-state index contributed by atoms with van der Waals surface area (Å²) in [7, 11) is 2.09. The van der Waals surface area contributed by atoms with E-state index in [1.807, 2.05) is 12.4 Å². The summed E-state index contributed by atoms with van der Waals surface area (Å²) in [5, 5.41) is 2.41. The molecule has 2 aromatic heterocycles. The minimum atomic E-state index is 0.855. The van der Waals surface area contributed by atoms with Gasteiger partial charge in [0.15, 0.2) is 0 Å². The van der Waals surface area contributed by atoms with E-state index in [1.165, 1.54) is 27.5 Å². The van der Waals surface area contributed by atoms with Gasteiger partial charge in [-0.3, -0.25) is 4.98 Å². The lowest BCUT2D eigenvalue weighted by Gasteiger charge is -2.20. The SMILES string of the molecule is CN1C=CN(c2cccc3c4cnccc4n(-c4ccccc4)c23)C1. The van der Waals surface area contributed by atoms with Gasteiger partial charge in [-0.15, -0.1) is 0 Å². The highest BCUT2D eigenvalue weighted by Crippen LogP contribution is 2.37. The van der Waals surface area contributed by atoms with Gasteiger partial charge in [0.25, 0.3) is 0 Å². The molecule has 0 unspecified atom stereocenters. The van der Waals surface area contributed by atoms with Gasteiger partial charge in [-0.2, -0.15) is 0 Å². The number of hydrogen-bond acceptors (Lipinski definition) is 3. The molecule has 0 spiro atoms. The smallest absolute Gasteiger partial charge is 0.0939 e. The number of anilines is 1. The molecule has 2 aromatic carbocycles. The van der Waals surface area contributed by atoms with Crippen LogP contribution in [-0.4, -0.2) is 28.2 Å². The van der Waals surface area contributed by atoms with Crippen molar-refractivity contribution in [3.63, 3.8) is 0 Å². The number of aromatic nitrogens is 2. The van der Waals surface area contributed by atoms with E-state index in [4.69, 9.17) is 0 Å². The predicted octanol–water partition coefficient (Wildman–Crippen LogP) is 4.36. The van der Waals surface area contributed by atoms with E-state index in [0.29, 0.717) is 0 Å². The first-order chi connectivity index (χ1) is 12.3. The average molecular weight is 326 g/mol. The molecule has 4 heteroatoms. The molecular formula is C21H18N4. The lowest BCUT2D eigenvalue weighted by Crippen LogP contribution is -2.22. The molecule has 3 heterocycles. The van der Waals surface area contributed by atoms with Gasteiger partial charge in [0.05, 0.1) is 23.4 Å². The minimum Gasteiger partial charge on any atom is -0.361 e. The molecule has 0 saturated heterocycles. The normalized spacial score (nSPS) is 14.1. The van der Waals surface area contributed by atoms with Crippen molar-refractivity contribution in [2.24, 2.45) is 0 Å². The molecule has 0 aliphatic carbocycles. The molecule has 1 aliphatic rings. The Hall–Kier alpha value is -3.27. The molecule has 0 bridgehead atoms. The summed E-state index contributed by atoms with van der Waals surface area (Å²) in [5.74, 6) is 0. The molecule has 0 saturated carbocycles. The first-order valence-corrected chi connectivity index (χ1v) is 8.41. The molecule has 5 rings (SSSR count). The zero-order valence-electron chi connectivity index (χ0n) is 14.0. The quantitative estimate of drug-likeness (QED) is 0.547. The van der Waals surface area contributed by atoms with Crippen molar-refractivity contribution >= 4 is 27.5 Å². The molecule has 4 aromatic rings. The van der Waals surface area contributed by atoms with Gasteiger partial charge in [0, 0.05) is 48.3 Å². The zero-order chi connectivity index (χ0) is 16.8. The van der Waals surface area contributed by atoms with Gasteiger partial charge < -0.3 is 14.4 Å². The lowest BCUT2D eigenvalue weighted by molar-refractivity contribution is 0.496. The zero-order valence-corrected chi connectivity index (χ0v) is 14.0. The second-order valence-electron chi connectivity index (χ2n) is 6.40. The summed E-state index contributed by atoms with van der Waals surface area (Å²) in [6.07, 6.45) is 8.08. The number of pyridine rings is 1. The Labute approximate surface area is 146 Å². The van der Waals surface area contributed by atoms with E-state index < -0.39 is 0 Å². The molecule has 0 fully saturated rings. The van der Waals surface area contributed by atoms with Crippen molar-refractivity contribution in [3.8, 4) is 5.69 Å². The van der Waals surface area contributed by atoms with E-state index >= 15 is 0 Å². The maximum Gasteiger partial charge on any atom is 0.0939 e. The number of para-hydroxylation sites is 2. The minimum absolute atomic E-state index is 0.855. The second kappa shape index (κ2) is 5.38. The van der Waals surface area contributed by atoms with Crippen LogP contribution in [0.2, 0.25) is 0 Å². The van der Waals surface area contributed by atoms with Crippen molar-refractivity contribution < 1.29 is 0 Å². The Kier molecular flexibility index (Phi) is 3.04. The molecule has 1 aliphatic heterocycles. The molecule has 4 nitrogen and oxygen atoms in total. The molecular weight excluding hydrogens is 308 g/mol. The third-order valence-electron chi connectivity index (χ3n) is 4.77. The van der Waals surface area contributed by atoms with E-state index in [1.54, 1.807) is 0 Å². The summed E-state index contributed by atoms with van der Waals surface area (Å²) >= 11 is 0. The van der Waals surface area contributed by atoms with Crippen LogP contribution in [0.25, 0.3) is 27.5 Å². The van der Waals surface area contributed by atoms with Crippen LogP contribution in [0.1, 0.15) is 0 Å². The van der Waals surface area contributed by atoms with Gasteiger partial charge in [-0.05, 0) is 24.3 Å². The van der Waals surface area contributed by atoms with Crippen LogP contribution in [0.4, 0.5) is 5.69 Å². The molecule has 0 atom stereocenters. The fourth-order valence-corrected chi connectivity index (χ4v) is 3.66. The van der Waals surface area contributed by atoms with Crippen LogP contribution in [0.15, 0.2) is 79.4 Å². The molecule has 0 amide bonds. The van der Waals surface area contributed by atoms with Crippen LogP contribution >= 0.6 is 0 Å². The van der Waals surface area contributed by atoms with Gasteiger partial charge in [0.2, 0.25) is 0 Å². The average Bonchev–Trinajstić information content (AvgIpc) is 3.24. The van der Waals surface area contributed by atoms with Gasteiger partial charge in [0.1, 0.15) is 0 Å². The maximum atomic E-state index is 4.36. The molecule has 0 N–H and O–H groups in total. The monoisotopic (exact) mass is 326 g/mol. The standard InChI is InChI=1S/C21H18N4/c1-23-12-13-24(15-23)20-9-5-8-17-18-14-22-11-10-19(18)25(21(17)20)16-6-3-2-4-7-16/h2-14H,15H2,1H3. The Morgan fingerprint density at radius 2 is 1.76 bits per heavy atom. The van der Waals surface area contributed by atoms with Crippen LogP contribution in [0.5, 0.6) is 0 Å². The van der Waals surface area contributed by atoms with Crippen molar-refractivity contribution in [2.45, 2.75) is 0 Å². The van der Waals surface area contributed by atoms with E-state index in [-0.39, 0.29) is 0 Å². The highest BCUT2D eigenvalue weighted by Gasteiger charge is 2.19. The lowest BCUT2D eigenvalue weighted by atomic mass is 10.1. The Balaban J connectivity index is 1.90. The third kappa shape index (κ3) is 2.11. The van der Waals surface area contributed by atoms with Crippen LogP contribution in [0.3, 0.4) is 0 Å².